The van der Waals surface area contributed by atoms with E-state index >= 15 is 0 Å². The number of anilines is 2. The van der Waals surface area contributed by atoms with Crippen LogP contribution in [-0.4, -0.2) is 28.0 Å². The average molecular weight is 341 g/mol. The molecule has 0 saturated carbocycles. The van der Waals surface area contributed by atoms with E-state index in [-0.39, 0.29) is 5.82 Å². The summed E-state index contributed by atoms with van der Waals surface area (Å²) >= 11 is 17.5. The van der Waals surface area contributed by atoms with E-state index in [1.54, 1.807) is 0 Å². The van der Waals surface area contributed by atoms with Crippen LogP contribution in [0.25, 0.3) is 0 Å². The summed E-state index contributed by atoms with van der Waals surface area (Å²) in [5.74, 6) is 0.970. The van der Waals surface area contributed by atoms with Crippen LogP contribution in [0.4, 0.5) is 11.9 Å². The first kappa shape index (κ1) is 17.5. The van der Waals surface area contributed by atoms with Gasteiger partial charge in [0.1, 0.15) is 0 Å². The standard InChI is InChI=1S/C12H20Cl3N5/c1-3-5-7-16-10-18-9(12(13,14)15)19-11(20-10)17-8-6-4-2/h3-8H2,1-2H3,(H2,16,17,18,19,20). The lowest BCUT2D eigenvalue weighted by atomic mass is 10.3. The molecule has 0 amide bonds. The molecule has 20 heavy (non-hydrogen) atoms. The van der Waals surface area contributed by atoms with Crippen LogP contribution in [0.2, 0.25) is 0 Å². The largest absolute Gasteiger partial charge is 0.354 e. The molecule has 0 spiro atoms. The second-order valence-electron chi connectivity index (χ2n) is 4.36. The maximum atomic E-state index is 5.85. The van der Waals surface area contributed by atoms with Crippen LogP contribution in [0, 0.1) is 0 Å². The number of unbranched alkanes of at least 4 members (excludes halogenated alkanes) is 2. The molecule has 1 heterocycles. The molecule has 8 heteroatoms. The second-order valence-corrected chi connectivity index (χ2v) is 6.65. The molecule has 0 aliphatic heterocycles. The Morgan fingerprint density at radius 3 is 1.65 bits per heavy atom. The summed E-state index contributed by atoms with van der Waals surface area (Å²) in [5, 5.41) is 6.22. The van der Waals surface area contributed by atoms with Gasteiger partial charge >= 0.3 is 0 Å². The lowest BCUT2D eigenvalue weighted by molar-refractivity contribution is 0.806. The van der Waals surface area contributed by atoms with Crippen LogP contribution in [-0.2, 0) is 3.79 Å². The van der Waals surface area contributed by atoms with Crippen molar-refractivity contribution in [3.05, 3.63) is 5.82 Å². The van der Waals surface area contributed by atoms with Crippen molar-refractivity contribution in [2.45, 2.75) is 43.3 Å². The highest BCUT2D eigenvalue weighted by molar-refractivity contribution is 6.66. The van der Waals surface area contributed by atoms with Crippen molar-refractivity contribution in [2.24, 2.45) is 0 Å². The minimum atomic E-state index is -1.66. The molecule has 1 aromatic rings. The van der Waals surface area contributed by atoms with Crippen LogP contribution < -0.4 is 10.6 Å². The zero-order valence-corrected chi connectivity index (χ0v) is 14.0. The quantitative estimate of drug-likeness (QED) is 0.550. The highest BCUT2D eigenvalue weighted by Crippen LogP contribution is 2.36. The van der Waals surface area contributed by atoms with Crippen molar-refractivity contribution in [3.8, 4) is 0 Å². The van der Waals surface area contributed by atoms with Gasteiger partial charge in [-0.2, -0.15) is 15.0 Å². The molecule has 0 fully saturated rings. The molecule has 0 aliphatic rings. The summed E-state index contributed by atoms with van der Waals surface area (Å²) in [6.07, 6.45) is 4.20. The minimum Gasteiger partial charge on any atom is -0.354 e. The smallest absolute Gasteiger partial charge is 0.250 e. The first-order valence-electron chi connectivity index (χ1n) is 6.78. The fourth-order valence-corrected chi connectivity index (χ4v) is 1.67. The third kappa shape index (κ3) is 6.29. The summed E-state index contributed by atoms with van der Waals surface area (Å²) in [6, 6.07) is 0. The Hall–Kier alpha value is -0.520. The molecule has 2 N–H and O–H groups in total. The molecule has 1 rings (SSSR count). The van der Waals surface area contributed by atoms with Gasteiger partial charge in [-0.25, -0.2) is 0 Å². The Morgan fingerprint density at radius 1 is 0.850 bits per heavy atom. The predicted molar refractivity (Wildman–Crippen MR) is 85.9 cm³/mol. The fourth-order valence-electron chi connectivity index (χ4n) is 1.41. The highest BCUT2D eigenvalue weighted by atomic mass is 35.6. The van der Waals surface area contributed by atoms with Crippen LogP contribution >= 0.6 is 34.8 Å². The van der Waals surface area contributed by atoms with Crippen molar-refractivity contribution in [1.29, 1.82) is 0 Å². The molecule has 0 unspecified atom stereocenters. The SMILES string of the molecule is CCCCNc1nc(NCCCC)nc(C(Cl)(Cl)Cl)n1. The number of hydrogen-bond acceptors (Lipinski definition) is 5. The van der Waals surface area contributed by atoms with Crippen molar-refractivity contribution in [3.63, 3.8) is 0 Å². The second kappa shape index (κ2) is 8.70. The molecule has 0 radical (unpaired) electrons. The van der Waals surface area contributed by atoms with Crippen molar-refractivity contribution >= 4 is 46.7 Å². The number of alkyl halides is 3. The van der Waals surface area contributed by atoms with E-state index in [4.69, 9.17) is 34.8 Å². The lowest BCUT2D eigenvalue weighted by Gasteiger charge is -2.13. The van der Waals surface area contributed by atoms with Gasteiger partial charge in [-0.05, 0) is 12.8 Å². The van der Waals surface area contributed by atoms with Gasteiger partial charge in [0.15, 0.2) is 5.82 Å². The molecular formula is C12H20Cl3N5. The molecule has 0 atom stereocenters. The van der Waals surface area contributed by atoms with E-state index in [1.807, 2.05) is 0 Å². The van der Waals surface area contributed by atoms with Gasteiger partial charge in [-0.3, -0.25) is 0 Å². The third-order valence-corrected chi connectivity index (χ3v) is 3.02. The van der Waals surface area contributed by atoms with Gasteiger partial charge in [0, 0.05) is 13.1 Å². The number of nitrogens with zero attached hydrogens (tertiary/aromatic N) is 3. The molecule has 0 aromatic carbocycles. The normalized spacial score (nSPS) is 11.4. The fraction of sp³-hybridized carbons (Fsp3) is 0.750. The Morgan fingerprint density at radius 2 is 1.30 bits per heavy atom. The van der Waals surface area contributed by atoms with Crippen LogP contribution in [0.3, 0.4) is 0 Å². The van der Waals surface area contributed by atoms with Gasteiger partial charge in [-0.1, -0.05) is 61.5 Å². The summed E-state index contributed by atoms with van der Waals surface area (Å²) < 4.78 is -1.66. The van der Waals surface area contributed by atoms with Gasteiger partial charge in [0.2, 0.25) is 15.7 Å². The Kier molecular flexibility index (Phi) is 7.62. The average Bonchev–Trinajstić information content (AvgIpc) is 2.38. The number of rotatable bonds is 8. The summed E-state index contributed by atoms with van der Waals surface area (Å²) in [6.45, 7) is 5.77. The molecule has 1 aromatic heterocycles. The Bertz CT molecular complexity index is 380. The number of aromatic nitrogens is 3. The molecular weight excluding hydrogens is 321 g/mol. The first-order chi connectivity index (χ1) is 9.47. The summed E-state index contributed by atoms with van der Waals surface area (Å²) in [7, 11) is 0. The first-order valence-corrected chi connectivity index (χ1v) is 7.91. The molecule has 0 aliphatic carbocycles. The molecule has 0 bridgehead atoms. The molecule has 0 saturated heterocycles. The number of nitrogens with one attached hydrogen (secondary N) is 2. The maximum Gasteiger partial charge on any atom is 0.250 e. The Labute approximate surface area is 134 Å². The zero-order valence-electron chi connectivity index (χ0n) is 11.7. The van der Waals surface area contributed by atoms with E-state index in [9.17, 15) is 0 Å². The number of hydrogen-bond donors (Lipinski definition) is 2. The molecule has 114 valence electrons. The van der Waals surface area contributed by atoms with Gasteiger partial charge < -0.3 is 10.6 Å². The third-order valence-electron chi connectivity index (χ3n) is 2.52. The van der Waals surface area contributed by atoms with Gasteiger partial charge in [0.05, 0.1) is 0 Å². The van der Waals surface area contributed by atoms with E-state index in [0.717, 1.165) is 38.8 Å². The zero-order chi connectivity index (χ0) is 15.0. The van der Waals surface area contributed by atoms with E-state index in [0.29, 0.717) is 11.9 Å². The minimum absolute atomic E-state index is 0.121. The topological polar surface area (TPSA) is 62.7 Å². The van der Waals surface area contributed by atoms with E-state index in [2.05, 4.69) is 39.4 Å². The lowest BCUT2D eigenvalue weighted by Crippen LogP contribution is -2.16. The van der Waals surface area contributed by atoms with Gasteiger partial charge in [0.25, 0.3) is 0 Å². The summed E-state index contributed by atoms with van der Waals surface area (Å²) in [5.41, 5.74) is 0. The summed E-state index contributed by atoms with van der Waals surface area (Å²) in [4.78, 5) is 12.5. The van der Waals surface area contributed by atoms with Crippen LogP contribution in [0.1, 0.15) is 45.4 Å². The van der Waals surface area contributed by atoms with E-state index < -0.39 is 3.79 Å². The molecule has 5 nitrogen and oxygen atoms in total. The van der Waals surface area contributed by atoms with Gasteiger partial charge in [-0.15, -0.1) is 0 Å². The monoisotopic (exact) mass is 339 g/mol. The van der Waals surface area contributed by atoms with Crippen molar-refractivity contribution in [1.82, 2.24) is 15.0 Å². The van der Waals surface area contributed by atoms with Crippen LogP contribution in [0.5, 0.6) is 0 Å². The van der Waals surface area contributed by atoms with Crippen LogP contribution in [0.15, 0.2) is 0 Å². The maximum absolute atomic E-state index is 5.85. The Balaban J connectivity index is 2.84. The van der Waals surface area contributed by atoms with Crippen molar-refractivity contribution < 1.29 is 0 Å². The van der Waals surface area contributed by atoms with E-state index in [1.165, 1.54) is 0 Å². The van der Waals surface area contributed by atoms with Crippen molar-refractivity contribution in [2.75, 3.05) is 23.7 Å². The highest BCUT2D eigenvalue weighted by Gasteiger charge is 2.28. The predicted octanol–water partition coefficient (Wildman–Crippen LogP) is 4.12. The number of halogens is 3.